The first-order chi connectivity index (χ1) is 7.93. The van der Waals surface area contributed by atoms with Gasteiger partial charge in [0.2, 0.25) is 0 Å². The molecule has 0 atom stereocenters. The molecule has 0 spiro atoms. The van der Waals surface area contributed by atoms with Crippen LogP contribution in [0.3, 0.4) is 0 Å². The summed E-state index contributed by atoms with van der Waals surface area (Å²) in [4.78, 5) is -0.208. The van der Waals surface area contributed by atoms with Crippen LogP contribution in [-0.2, 0) is 16.5 Å². The summed E-state index contributed by atoms with van der Waals surface area (Å²) in [6, 6.07) is 5.87. The molecule has 0 unspecified atom stereocenters. The van der Waals surface area contributed by atoms with Crippen molar-refractivity contribution in [1.82, 2.24) is 10.6 Å². The van der Waals surface area contributed by atoms with Gasteiger partial charge < -0.3 is 15.2 Å². The zero-order valence-corrected chi connectivity index (χ0v) is 10.9. The molecule has 0 bridgehead atoms. The Bertz CT molecular complexity index is 483. The summed E-state index contributed by atoms with van der Waals surface area (Å²) < 4.78 is 32.1. The summed E-state index contributed by atoms with van der Waals surface area (Å²) in [7, 11) is -2.63. The number of rotatable bonds is 4. The molecule has 94 valence electrons. The second kappa shape index (κ2) is 5.95. The quantitative estimate of drug-likeness (QED) is 0.603. The van der Waals surface area contributed by atoms with Gasteiger partial charge in [0.1, 0.15) is 10.1 Å². The third kappa shape index (κ3) is 4.68. The van der Waals surface area contributed by atoms with E-state index in [9.17, 15) is 13.0 Å². The summed E-state index contributed by atoms with van der Waals surface area (Å²) in [5.41, 5.74) is 0.934. The van der Waals surface area contributed by atoms with Crippen molar-refractivity contribution in [2.24, 2.45) is 0 Å². The molecule has 1 aromatic rings. The fourth-order valence-electron chi connectivity index (χ4n) is 1.23. The van der Waals surface area contributed by atoms with E-state index in [0.29, 0.717) is 18.1 Å². The molecule has 0 fully saturated rings. The van der Waals surface area contributed by atoms with Crippen LogP contribution in [0.4, 0.5) is 0 Å². The van der Waals surface area contributed by atoms with Gasteiger partial charge in [0.25, 0.3) is 0 Å². The molecule has 17 heavy (non-hydrogen) atoms. The SMILES string of the molecule is CNC(=S)NCCc1ccc(S(=O)(=O)[O-])cc1. The molecule has 2 N–H and O–H groups in total. The summed E-state index contributed by atoms with van der Waals surface area (Å²) >= 11 is 4.90. The largest absolute Gasteiger partial charge is 0.744 e. The minimum absolute atomic E-state index is 0.208. The van der Waals surface area contributed by atoms with Crippen molar-refractivity contribution in [1.29, 1.82) is 0 Å². The maximum Gasteiger partial charge on any atom is 0.166 e. The van der Waals surface area contributed by atoms with Crippen LogP contribution in [0.15, 0.2) is 29.2 Å². The highest BCUT2D eigenvalue weighted by Crippen LogP contribution is 2.09. The number of thiocarbonyl (C=S) groups is 1. The normalized spacial score (nSPS) is 10.9. The molecule has 1 aromatic carbocycles. The van der Waals surface area contributed by atoms with Crippen LogP contribution >= 0.6 is 12.2 Å². The van der Waals surface area contributed by atoms with Crippen LogP contribution in [-0.4, -0.2) is 31.7 Å². The first-order valence-electron chi connectivity index (χ1n) is 4.94. The number of hydrogen-bond acceptors (Lipinski definition) is 4. The molecular weight excluding hydrogens is 260 g/mol. The van der Waals surface area contributed by atoms with Crippen molar-refractivity contribution < 1.29 is 13.0 Å². The predicted molar refractivity (Wildman–Crippen MR) is 67.8 cm³/mol. The second-order valence-corrected chi connectivity index (χ2v) is 5.14. The highest BCUT2D eigenvalue weighted by atomic mass is 32.2. The van der Waals surface area contributed by atoms with E-state index in [1.165, 1.54) is 12.1 Å². The molecule has 0 aromatic heterocycles. The Balaban J connectivity index is 2.55. The third-order valence-corrected chi connectivity index (χ3v) is 3.34. The van der Waals surface area contributed by atoms with Crippen LogP contribution in [0.2, 0.25) is 0 Å². The molecule has 0 saturated carbocycles. The van der Waals surface area contributed by atoms with E-state index in [1.807, 2.05) is 0 Å². The minimum Gasteiger partial charge on any atom is -0.744 e. The average Bonchev–Trinajstić information content (AvgIpc) is 2.28. The minimum atomic E-state index is -4.35. The maximum atomic E-state index is 10.7. The fourth-order valence-corrected chi connectivity index (χ4v) is 1.80. The van der Waals surface area contributed by atoms with Gasteiger partial charge in [0.15, 0.2) is 5.11 Å². The highest BCUT2D eigenvalue weighted by Gasteiger charge is 2.00. The first kappa shape index (κ1) is 13.9. The van der Waals surface area contributed by atoms with Gasteiger partial charge in [0.05, 0.1) is 4.90 Å². The van der Waals surface area contributed by atoms with Crippen LogP contribution in [0.5, 0.6) is 0 Å². The lowest BCUT2D eigenvalue weighted by Crippen LogP contribution is -2.33. The van der Waals surface area contributed by atoms with Crippen molar-refractivity contribution >= 4 is 27.4 Å². The van der Waals surface area contributed by atoms with Crippen molar-refractivity contribution in [2.45, 2.75) is 11.3 Å². The van der Waals surface area contributed by atoms with E-state index in [1.54, 1.807) is 19.2 Å². The van der Waals surface area contributed by atoms with Gasteiger partial charge in [-0.1, -0.05) is 12.1 Å². The summed E-state index contributed by atoms with van der Waals surface area (Å²) in [6.07, 6.45) is 0.695. The molecule has 5 nitrogen and oxygen atoms in total. The van der Waals surface area contributed by atoms with Crippen LogP contribution in [0.25, 0.3) is 0 Å². The highest BCUT2D eigenvalue weighted by molar-refractivity contribution is 7.85. The zero-order chi connectivity index (χ0) is 12.9. The molecule has 0 amide bonds. The molecule has 0 aliphatic carbocycles. The van der Waals surface area contributed by atoms with Crippen LogP contribution < -0.4 is 10.6 Å². The fraction of sp³-hybridized carbons (Fsp3) is 0.300. The molecule has 0 radical (unpaired) electrons. The Kier molecular flexibility index (Phi) is 4.86. The Morgan fingerprint density at radius 2 is 1.94 bits per heavy atom. The van der Waals surface area contributed by atoms with Crippen molar-refractivity contribution in [3.8, 4) is 0 Å². The molecule has 7 heteroatoms. The Morgan fingerprint density at radius 3 is 2.41 bits per heavy atom. The van der Waals surface area contributed by atoms with E-state index in [0.717, 1.165) is 5.56 Å². The molecule has 0 heterocycles. The van der Waals surface area contributed by atoms with Crippen molar-refractivity contribution in [3.63, 3.8) is 0 Å². The molecule has 0 saturated heterocycles. The van der Waals surface area contributed by atoms with Crippen molar-refractivity contribution in [3.05, 3.63) is 29.8 Å². The summed E-state index contributed by atoms with van der Waals surface area (Å²) in [5.74, 6) is 0. The van der Waals surface area contributed by atoms with Crippen molar-refractivity contribution in [2.75, 3.05) is 13.6 Å². The molecule has 0 aliphatic heterocycles. The second-order valence-electron chi connectivity index (χ2n) is 3.35. The summed E-state index contributed by atoms with van der Waals surface area (Å²) in [6.45, 7) is 0.642. The predicted octanol–water partition coefficient (Wildman–Crippen LogP) is 0.227. The number of hydrogen-bond donors (Lipinski definition) is 2. The lowest BCUT2D eigenvalue weighted by Gasteiger charge is -2.09. The smallest absolute Gasteiger partial charge is 0.166 e. The monoisotopic (exact) mass is 273 g/mol. The van der Waals surface area contributed by atoms with Gasteiger partial charge in [-0.3, -0.25) is 0 Å². The molecule has 0 aliphatic rings. The van der Waals surface area contributed by atoms with Gasteiger partial charge in [-0.15, -0.1) is 0 Å². The number of nitrogens with one attached hydrogen (secondary N) is 2. The maximum absolute atomic E-state index is 10.7. The van der Waals surface area contributed by atoms with E-state index in [4.69, 9.17) is 12.2 Å². The standard InChI is InChI=1S/C10H14N2O3S2/c1-11-10(16)12-7-6-8-2-4-9(5-3-8)17(13,14)15/h2-5H,6-7H2,1H3,(H2,11,12,16)(H,13,14,15)/p-1. The van der Waals surface area contributed by atoms with Gasteiger partial charge in [0, 0.05) is 13.6 Å². The van der Waals surface area contributed by atoms with Crippen LogP contribution in [0.1, 0.15) is 5.56 Å². The Labute approximate surface area is 106 Å². The van der Waals surface area contributed by atoms with Gasteiger partial charge in [-0.05, 0) is 36.3 Å². The number of benzene rings is 1. The van der Waals surface area contributed by atoms with Gasteiger partial charge in [-0.25, -0.2) is 8.42 Å². The first-order valence-corrected chi connectivity index (χ1v) is 6.75. The average molecular weight is 273 g/mol. The van der Waals surface area contributed by atoms with E-state index in [-0.39, 0.29) is 4.90 Å². The molecular formula is C10H13N2O3S2-. The lowest BCUT2D eigenvalue weighted by atomic mass is 10.1. The van der Waals surface area contributed by atoms with E-state index >= 15 is 0 Å². The van der Waals surface area contributed by atoms with E-state index in [2.05, 4.69) is 10.6 Å². The van der Waals surface area contributed by atoms with Gasteiger partial charge in [-0.2, -0.15) is 0 Å². The third-order valence-electron chi connectivity index (χ3n) is 2.14. The lowest BCUT2D eigenvalue weighted by molar-refractivity contribution is 0.463. The Morgan fingerprint density at radius 1 is 1.35 bits per heavy atom. The van der Waals surface area contributed by atoms with Gasteiger partial charge >= 0.3 is 0 Å². The van der Waals surface area contributed by atoms with E-state index < -0.39 is 10.1 Å². The van der Waals surface area contributed by atoms with Crippen LogP contribution in [0, 0.1) is 0 Å². The zero-order valence-electron chi connectivity index (χ0n) is 9.26. The topological polar surface area (TPSA) is 81.3 Å². The summed E-state index contributed by atoms with van der Waals surface area (Å²) in [5, 5.41) is 6.30. The Hall–Kier alpha value is -1.18. The molecule has 1 rings (SSSR count).